The molecule has 1 atom stereocenters. The fourth-order valence-electron chi connectivity index (χ4n) is 2.15. The molecule has 0 aliphatic rings. The molecule has 0 bridgehead atoms. The van der Waals surface area contributed by atoms with Crippen molar-refractivity contribution in [3.63, 3.8) is 0 Å². The van der Waals surface area contributed by atoms with E-state index in [2.05, 4.69) is 46.1 Å². The minimum Gasteiger partial charge on any atom is -0.357 e. The zero-order chi connectivity index (χ0) is 18.7. The van der Waals surface area contributed by atoms with E-state index in [1.54, 1.807) is 6.07 Å². The number of pyridine rings is 1. The maximum Gasteiger partial charge on any atom is 0.242 e. The molecule has 0 saturated heterocycles. The Morgan fingerprint density at radius 2 is 2.00 bits per heavy atom. The molecule has 1 aromatic rings. The summed E-state index contributed by atoms with van der Waals surface area (Å²) in [6.07, 6.45) is 5.08. The summed E-state index contributed by atoms with van der Waals surface area (Å²) in [7, 11) is -3.53. The molecule has 1 aromatic heterocycles. The first-order chi connectivity index (χ1) is 11.8. The molecule has 0 amide bonds. The van der Waals surface area contributed by atoms with E-state index in [0.717, 1.165) is 19.4 Å². The van der Waals surface area contributed by atoms with E-state index >= 15 is 0 Å². The highest BCUT2D eigenvalue weighted by Crippen LogP contribution is 2.06. The van der Waals surface area contributed by atoms with Crippen LogP contribution in [0.1, 0.15) is 40.5 Å². The molecule has 7 nitrogen and oxygen atoms in total. The maximum absolute atomic E-state index is 12.1. The molecule has 0 saturated carbocycles. The number of rotatable bonds is 10. The minimum absolute atomic E-state index is 0. The van der Waals surface area contributed by atoms with Crippen molar-refractivity contribution in [2.24, 2.45) is 10.9 Å². The largest absolute Gasteiger partial charge is 0.357 e. The lowest BCUT2D eigenvalue weighted by Gasteiger charge is -2.18. The summed E-state index contributed by atoms with van der Waals surface area (Å²) in [6, 6.07) is 3.42. The first kappa shape index (κ1) is 25.1. The zero-order valence-corrected chi connectivity index (χ0v) is 19.2. The van der Waals surface area contributed by atoms with Crippen molar-refractivity contribution in [2.75, 3.05) is 19.6 Å². The summed E-state index contributed by atoms with van der Waals surface area (Å²) < 4.78 is 26.7. The summed E-state index contributed by atoms with van der Waals surface area (Å²) in [4.78, 5) is 8.42. The van der Waals surface area contributed by atoms with Crippen LogP contribution in [0.4, 0.5) is 0 Å². The molecule has 0 aromatic carbocycles. The summed E-state index contributed by atoms with van der Waals surface area (Å²) in [5.74, 6) is 1.38. The van der Waals surface area contributed by atoms with Crippen molar-refractivity contribution < 1.29 is 8.42 Å². The van der Waals surface area contributed by atoms with E-state index in [4.69, 9.17) is 0 Å². The predicted octanol–water partition coefficient (Wildman–Crippen LogP) is 2.36. The normalized spacial score (nSPS) is 13.2. The number of hydrogen-bond acceptors (Lipinski definition) is 4. The van der Waals surface area contributed by atoms with Gasteiger partial charge in [0.05, 0.1) is 6.54 Å². The zero-order valence-electron chi connectivity index (χ0n) is 16.0. The van der Waals surface area contributed by atoms with Gasteiger partial charge >= 0.3 is 0 Å². The van der Waals surface area contributed by atoms with Gasteiger partial charge in [-0.3, -0.25) is 9.98 Å². The molecule has 9 heteroatoms. The molecular formula is C17H32IN5O2S. The van der Waals surface area contributed by atoms with Gasteiger partial charge in [0.15, 0.2) is 5.96 Å². The molecular weight excluding hydrogens is 465 g/mol. The van der Waals surface area contributed by atoms with Crippen molar-refractivity contribution in [2.45, 2.75) is 51.5 Å². The van der Waals surface area contributed by atoms with Crippen LogP contribution in [-0.4, -0.2) is 45.0 Å². The average molecular weight is 497 g/mol. The van der Waals surface area contributed by atoms with Crippen molar-refractivity contribution >= 4 is 40.0 Å². The van der Waals surface area contributed by atoms with Gasteiger partial charge in [-0.15, -0.1) is 24.0 Å². The van der Waals surface area contributed by atoms with E-state index < -0.39 is 10.0 Å². The second-order valence-electron chi connectivity index (χ2n) is 6.36. The molecule has 26 heavy (non-hydrogen) atoms. The van der Waals surface area contributed by atoms with Gasteiger partial charge in [-0.1, -0.05) is 13.8 Å². The van der Waals surface area contributed by atoms with Crippen LogP contribution in [0, 0.1) is 5.92 Å². The number of aliphatic imine (C=N–C) groups is 1. The SMILES string of the molecule is CCNC(=NCCNS(=O)(=O)c1cccnc1)NC(C)CCC(C)C.I. The first-order valence-electron chi connectivity index (χ1n) is 8.79. The Bertz CT molecular complexity index is 623. The maximum atomic E-state index is 12.1. The molecule has 0 aliphatic carbocycles. The molecule has 0 spiro atoms. The van der Waals surface area contributed by atoms with Gasteiger partial charge in [-0.25, -0.2) is 13.1 Å². The molecule has 150 valence electrons. The van der Waals surface area contributed by atoms with Crippen LogP contribution in [-0.2, 0) is 10.0 Å². The predicted molar refractivity (Wildman–Crippen MR) is 117 cm³/mol. The van der Waals surface area contributed by atoms with Crippen molar-refractivity contribution in [3.05, 3.63) is 24.5 Å². The average Bonchev–Trinajstić information content (AvgIpc) is 2.58. The van der Waals surface area contributed by atoms with Gasteiger partial charge in [0.25, 0.3) is 0 Å². The topological polar surface area (TPSA) is 95.5 Å². The lowest BCUT2D eigenvalue weighted by Crippen LogP contribution is -2.42. The second kappa shape index (κ2) is 13.3. The van der Waals surface area contributed by atoms with E-state index in [1.807, 2.05) is 6.92 Å². The summed E-state index contributed by atoms with van der Waals surface area (Å²) >= 11 is 0. The number of halogens is 1. The van der Waals surface area contributed by atoms with Crippen molar-refractivity contribution in [1.82, 2.24) is 20.3 Å². The molecule has 1 unspecified atom stereocenters. The number of guanidine groups is 1. The summed E-state index contributed by atoms with van der Waals surface area (Å²) in [5.41, 5.74) is 0. The van der Waals surface area contributed by atoms with E-state index in [9.17, 15) is 8.42 Å². The van der Waals surface area contributed by atoms with Crippen LogP contribution in [0.5, 0.6) is 0 Å². The van der Waals surface area contributed by atoms with Crippen molar-refractivity contribution in [1.29, 1.82) is 0 Å². The second-order valence-corrected chi connectivity index (χ2v) is 8.13. The highest BCUT2D eigenvalue weighted by atomic mass is 127. The molecule has 0 fully saturated rings. The number of nitrogens with zero attached hydrogens (tertiary/aromatic N) is 2. The van der Waals surface area contributed by atoms with Gasteiger partial charge in [0.1, 0.15) is 4.90 Å². The van der Waals surface area contributed by atoms with E-state index in [0.29, 0.717) is 24.5 Å². The lowest BCUT2D eigenvalue weighted by atomic mass is 10.0. The number of hydrogen-bond donors (Lipinski definition) is 3. The fraction of sp³-hybridized carbons (Fsp3) is 0.647. The van der Waals surface area contributed by atoms with Crippen molar-refractivity contribution in [3.8, 4) is 0 Å². The number of nitrogens with one attached hydrogen (secondary N) is 3. The monoisotopic (exact) mass is 497 g/mol. The Labute approximate surface area is 174 Å². The highest BCUT2D eigenvalue weighted by molar-refractivity contribution is 14.0. The summed E-state index contributed by atoms with van der Waals surface area (Å²) in [6.45, 7) is 9.88. The first-order valence-corrected chi connectivity index (χ1v) is 10.3. The smallest absolute Gasteiger partial charge is 0.242 e. The van der Waals surface area contributed by atoms with Gasteiger partial charge in [-0.2, -0.15) is 0 Å². The highest BCUT2D eigenvalue weighted by Gasteiger charge is 2.12. The standard InChI is InChI=1S/C17H31N5O2S.HI/c1-5-19-17(22-15(4)9-8-14(2)3)20-11-12-21-25(23,24)16-7-6-10-18-13-16;/h6-7,10,13-15,21H,5,8-9,11-12H2,1-4H3,(H2,19,20,22);1H. The number of sulfonamides is 1. The Morgan fingerprint density at radius 3 is 2.58 bits per heavy atom. The Kier molecular flexibility index (Phi) is 12.8. The quantitative estimate of drug-likeness (QED) is 0.200. The van der Waals surface area contributed by atoms with Crippen LogP contribution in [0.25, 0.3) is 0 Å². The van der Waals surface area contributed by atoms with Crippen LogP contribution in [0.3, 0.4) is 0 Å². The van der Waals surface area contributed by atoms with Gasteiger partial charge in [0, 0.05) is 31.5 Å². The van der Waals surface area contributed by atoms with Crippen LogP contribution in [0.15, 0.2) is 34.4 Å². The third kappa shape index (κ3) is 10.3. The third-order valence-electron chi connectivity index (χ3n) is 3.52. The Balaban J connectivity index is 0.00000625. The van der Waals surface area contributed by atoms with Crippen LogP contribution in [0.2, 0.25) is 0 Å². The number of aromatic nitrogens is 1. The van der Waals surface area contributed by atoms with Gasteiger partial charge in [0.2, 0.25) is 10.0 Å². The third-order valence-corrected chi connectivity index (χ3v) is 4.97. The minimum atomic E-state index is -3.53. The lowest BCUT2D eigenvalue weighted by molar-refractivity contribution is 0.489. The van der Waals surface area contributed by atoms with Crippen LogP contribution >= 0.6 is 24.0 Å². The van der Waals surface area contributed by atoms with Crippen LogP contribution < -0.4 is 15.4 Å². The fourth-order valence-corrected chi connectivity index (χ4v) is 3.13. The Morgan fingerprint density at radius 1 is 1.27 bits per heavy atom. The molecule has 1 heterocycles. The molecule has 3 N–H and O–H groups in total. The summed E-state index contributed by atoms with van der Waals surface area (Å²) in [5, 5.41) is 6.54. The Hall–Kier alpha value is -0.940. The van der Waals surface area contributed by atoms with E-state index in [1.165, 1.54) is 18.5 Å². The molecule has 1 rings (SSSR count). The molecule has 0 aliphatic heterocycles. The molecule has 0 radical (unpaired) electrons. The van der Waals surface area contributed by atoms with Gasteiger partial charge < -0.3 is 10.6 Å². The van der Waals surface area contributed by atoms with Gasteiger partial charge in [-0.05, 0) is 44.7 Å². The van der Waals surface area contributed by atoms with E-state index in [-0.39, 0.29) is 35.4 Å².